The minimum atomic E-state index is -5.03. The Morgan fingerprint density at radius 3 is 1.25 bits per heavy atom. The standard InChI is InChI=1S/C26H6F6N4O4/c27-25(28,29)39-13-1-3-15-17(5-13)37-23-20(12(9-35)10-36)22-16-4-2-14(40-26(30,31)32)6-18(16)38-24(22)19(21(15)23)11(7-33)8-34/h1-6H. The van der Waals surface area contributed by atoms with Gasteiger partial charge in [0.2, 0.25) is 0 Å². The molecule has 0 saturated heterocycles. The maximum Gasteiger partial charge on any atom is 0.573 e. The third kappa shape index (κ3) is 4.20. The predicted molar refractivity (Wildman–Crippen MR) is 123 cm³/mol. The number of alkyl halides is 6. The van der Waals surface area contributed by atoms with Crippen molar-refractivity contribution < 1.29 is 44.7 Å². The highest BCUT2D eigenvalue weighted by molar-refractivity contribution is 6.18. The molecule has 8 nitrogen and oxygen atoms in total. The van der Waals surface area contributed by atoms with E-state index in [1.165, 1.54) is 0 Å². The molecular weight excluding hydrogens is 546 g/mol. The zero-order valence-electron chi connectivity index (χ0n) is 19.2. The summed E-state index contributed by atoms with van der Waals surface area (Å²) in [4.78, 5) is 0. The Morgan fingerprint density at radius 1 is 0.600 bits per heavy atom. The van der Waals surface area contributed by atoms with Crippen molar-refractivity contribution in [3.63, 3.8) is 0 Å². The minimum absolute atomic E-state index is 0.0578. The molecule has 2 heterocycles. The number of furan rings is 2. The molecule has 0 aliphatic carbocycles. The third-order valence-corrected chi connectivity index (χ3v) is 5.69. The Labute approximate surface area is 216 Å². The number of fused-ring (bicyclic) bond motifs is 6. The van der Waals surface area contributed by atoms with Crippen LogP contribution in [0, 0.1) is 45.3 Å². The van der Waals surface area contributed by atoms with Gasteiger partial charge in [-0.05, 0) is 24.3 Å². The molecular formula is C26H6F6N4O4. The largest absolute Gasteiger partial charge is 0.573 e. The highest BCUT2D eigenvalue weighted by atomic mass is 19.4. The fourth-order valence-corrected chi connectivity index (χ4v) is 4.37. The average Bonchev–Trinajstić information content (AvgIpc) is 3.42. The molecule has 0 amide bonds. The van der Waals surface area contributed by atoms with Crippen LogP contribution in [0.4, 0.5) is 26.3 Å². The number of halogens is 6. The summed E-state index contributed by atoms with van der Waals surface area (Å²) in [6, 6.07) is 12.7. The molecule has 0 aliphatic rings. The summed E-state index contributed by atoms with van der Waals surface area (Å²) in [6.45, 7) is 0. The van der Waals surface area contributed by atoms with Crippen molar-refractivity contribution in [2.24, 2.45) is 0 Å². The summed E-state index contributed by atoms with van der Waals surface area (Å²) >= 11 is 0. The van der Waals surface area contributed by atoms with Crippen molar-refractivity contribution >= 4 is 55.0 Å². The minimum Gasteiger partial charge on any atom is -0.455 e. The fourth-order valence-electron chi connectivity index (χ4n) is 4.37. The molecule has 0 radical (unpaired) electrons. The van der Waals surface area contributed by atoms with E-state index < -0.39 is 35.4 Å². The third-order valence-electron chi connectivity index (χ3n) is 5.69. The van der Waals surface area contributed by atoms with Crippen LogP contribution >= 0.6 is 0 Å². The maximum atomic E-state index is 12.8. The Balaban J connectivity index is 2.08. The van der Waals surface area contributed by atoms with Gasteiger partial charge < -0.3 is 18.3 Å². The van der Waals surface area contributed by atoms with Crippen molar-refractivity contribution in [3.05, 3.63) is 46.8 Å². The van der Waals surface area contributed by atoms with Crippen molar-refractivity contribution in [2.45, 2.75) is 12.7 Å². The van der Waals surface area contributed by atoms with Gasteiger partial charge in [0.25, 0.3) is 0 Å². The summed E-state index contributed by atoms with van der Waals surface area (Å²) < 4.78 is 96.2. The molecule has 0 fully saturated rings. The summed E-state index contributed by atoms with van der Waals surface area (Å²) in [7, 11) is 0. The zero-order valence-corrected chi connectivity index (χ0v) is 19.2. The van der Waals surface area contributed by atoms with Crippen LogP contribution in [-0.4, -0.2) is 12.7 Å². The Morgan fingerprint density at radius 2 is 0.950 bits per heavy atom. The van der Waals surface area contributed by atoms with Gasteiger partial charge in [0.15, 0.2) is 0 Å². The monoisotopic (exact) mass is 552 g/mol. The van der Waals surface area contributed by atoms with E-state index in [1.54, 1.807) is 24.3 Å². The molecule has 5 rings (SSSR count). The van der Waals surface area contributed by atoms with Crippen molar-refractivity contribution in [1.82, 2.24) is 0 Å². The van der Waals surface area contributed by atoms with Gasteiger partial charge in [-0.15, -0.1) is 26.3 Å². The predicted octanol–water partition coefficient (Wildman–Crippen LogP) is 5.68. The Kier molecular flexibility index (Phi) is 5.71. The van der Waals surface area contributed by atoms with Gasteiger partial charge in [0.1, 0.15) is 69.3 Å². The van der Waals surface area contributed by atoms with Crippen LogP contribution in [0.3, 0.4) is 0 Å². The van der Waals surface area contributed by atoms with Crippen LogP contribution in [0.25, 0.3) is 55.0 Å². The molecule has 0 unspecified atom stereocenters. The number of benzene rings is 3. The first-order chi connectivity index (χ1) is 18.9. The number of hydrogen-bond acceptors (Lipinski definition) is 8. The Hall–Kier alpha value is -5.86. The normalized spacial score (nSPS) is 11.7. The van der Waals surface area contributed by atoms with Crippen LogP contribution < -0.4 is 19.9 Å². The number of ether oxygens (including phenoxy) is 2. The van der Waals surface area contributed by atoms with Crippen LogP contribution in [-0.2, 0) is 0 Å². The molecule has 5 aromatic rings. The van der Waals surface area contributed by atoms with E-state index in [2.05, 4.69) is 9.47 Å². The SMILES string of the molecule is N#CC(C#N)=c1c2oc3cc(OC(F)(F)F)ccc3c2c(=C(C#N)C#N)c2oc3cc(OC(F)(F)F)ccc3c12. The molecule has 0 spiro atoms. The van der Waals surface area contributed by atoms with E-state index in [9.17, 15) is 47.4 Å². The van der Waals surface area contributed by atoms with Crippen LogP contribution in [0.5, 0.6) is 11.5 Å². The van der Waals surface area contributed by atoms with E-state index in [-0.39, 0.29) is 54.3 Å². The van der Waals surface area contributed by atoms with E-state index in [0.717, 1.165) is 36.4 Å². The van der Waals surface area contributed by atoms with E-state index in [0.29, 0.717) is 0 Å². The molecule has 0 aliphatic heterocycles. The highest BCUT2D eigenvalue weighted by Crippen LogP contribution is 2.36. The molecule has 0 bridgehead atoms. The van der Waals surface area contributed by atoms with Gasteiger partial charge in [0.05, 0.1) is 10.4 Å². The summed E-state index contributed by atoms with van der Waals surface area (Å²) in [6.07, 6.45) is -10.1. The van der Waals surface area contributed by atoms with Crippen LogP contribution in [0.1, 0.15) is 0 Å². The first kappa shape index (κ1) is 25.8. The number of nitrogens with zero attached hydrogens (tertiary/aromatic N) is 4. The highest BCUT2D eigenvalue weighted by Gasteiger charge is 2.33. The second-order valence-electron chi connectivity index (χ2n) is 7.97. The fraction of sp³-hybridized carbons (Fsp3) is 0.0769. The van der Waals surface area contributed by atoms with Gasteiger partial charge in [-0.2, -0.15) is 21.0 Å². The quantitative estimate of drug-likeness (QED) is 0.255. The molecule has 0 atom stereocenters. The molecule has 0 saturated carbocycles. The van der Waals surface area contributed by atoms with Gasteiger partial charge in [-0.1, -0.05) is 0 Å². The second kappa shape index (κ2) is 8.87. The number of rotatable bonds is 2. The lowest BCUT2D eigenvalue weighted by Crippen LogP contribution is -2.17. The smallest absolute Gasteiger partial charge is 0.455 e. The second-order valence-corrected chi connectivity index (χ2v) is 7.97. The van der Waals surface area contributed by atoms with E-state index in [4.69, 9.17) is 8.83 Å². The topological polar surface area (TPSA) is 140 Å². The zero-order chi connectivity index (χ0) is 29.0. The molecule has 40 heavy (non-hydrogen) atoms. The molecule has 2 aromatic heterocycles. The van der Waals surface area contributed by atoms with Crippen LogP contribution in [0.2, 0.25) is 0 Å². The molecule has 196 valence electrons. The van der Waals surface area contributed by atoms with Gasteiger partial charge >= 0.3 is 12.7 Å². The maximum absolute atomic E-state index is 12.8. The lowest BCUT2D eigenvalue weighted by molar-refractivity contribution is -0.275. The molecule has 14 heteroatoms. The first-order valence-electron chi connectivity index (χ1n) is 10.6. The lowest BCUT2D eigenvalue weighted by atomic mass is 9.99. The van der Waals surface area contributed by atoms with E-state index in [1.807, 2.05) is 0 Å². The van der Waals surface area contributed by atoms with Crippen LogP contribution in [0.15, 0.2) is 45.2 Å². The summed E-state index contributed by atoms with van der Waals surface area (Å²) in [5, 5.41) is 38.4. The summed E-state index contributed by atoms with van der Waals surface area (Å²) in [5.41, 5.74) is -2.07. The van der Waals surface area contributed by atoms with E-state index >= 15 is 0 Å². The lowest BCUT2D eigenvalue weighted by Gasteiger charge is -2.07. The van der Waals surface area contributed by atoms with Crippen molar-refractivity contribution in [1.29, 1.82) is 21.0 Å². The van der Waals surface area contributed by atoms with Crippen molar-refractivity contribution in [3.8, 4) is 35.8 Å². The first-order valence-corrected chi connectivity index (χ1v) is 10.6. The molecule has 0 N–H and O–H groups in total. The van der Waals surface area contributed by atoms with Crippen molar-refractivity contribution in [2.75, 3.05) is 0 Å². The van der Waals surface area contributed by atoms with Gasteiger partial charge in [0, 0.05) is 33.7 Å². The number of hydrogen-bond donors (Lipinski definition) is 0. The number of nitriles is 4. The van der Waals surface area contributed by atoms with Gasteiger partial charge in [-0.25, -0.2) is 0 Å². The Bertz CT molecular complexity index is 2010. The molecule has 3 aromatic carbocycles. The average molecular weight is 552 g/mol. The van der Waals surface area contributed by atoms with Gasteiger partial charge in [-0.3, -0.25) is 0 Å². The summed E-state index contributed by atoms with van der Waals surface area (Å²) in [5.74, 6) is -1.33.